The van der Waals surface area contributed by atoms with Gasteiger partial charge in [-0.25, -0.2) is 4.98 Å². The first-order chi connectivity index (χ1) is 19.4. The van der Waals surface area contributed by atoms with Crippen LogP contribution in [0.5, 0.6) is 0 Å². The first-order valence-electron chi connectivity index (χ1n) is 12.6. The Morgan fingerprint density at radius 2 is 0.825 bits per heavy atom. The number of hydrogen-bond donors (Lipinski definition) is 4. The summed E-state index contributed by atoms with van der Waals surface area (Å²) in [6.07, 6.45) is 2.82. The highest BCUT2D eigenvalue weighted by Gasteiger charge is 2.14. The zero-order chi connectivity index (χ0) is 27.9. The molecule has 4 amide bonds. The van der Waals surface area contributed by atoms with Crippen molar-refractivity contribution in [2.24, 2.45) is 0 Å². The minimum atomic E-state index is -0.397. The van der Waals surface area contributed by atoms with Crippen molar-refractivity contribution < 1.29 is 19.2 Å². The lowest BCUT2D eigenvalue weighted by molar-refractivity contribution is 0.0929. The summed E-state index contributed by atoms with van der Waals surface area (Å²) in [6.45, 7) is 1.08. The summed E-state index contributed by atoms with van der Waals surface area (Å²) < 4.78 is 0. The zero-order valence-electron chi connectivity index (χ0n) is 21.4. The minimum absolute atomic E-state index is 0.137. The number of aromatic nitrogens is 2. The van der Waals surface area contributed by atoms with Gasteiger partial charge in [0.2, 0.25) is 0 Å². The van der Waals surface area contributed by atoms with Gasteiger partial charge in [0.25, 0.3) is 23.6 Å². The SMILES string of the molecule is O=C1NCc2ccc(cc2)CNC(=O)c2cccc(n2)C(=O)NCc2ccc(cc2)CNC(=O)c2cncc1c2. The van der Waals surface area contributed by atoms with Crippen molar-refractivity contribution in [3.05, 3.63) is 130 Å². The predicted octanol–water partition coefficient (Wildman–Crippen LogP) is 2.51. The van der Waals surface area contributed by atoms with Gasteiger partial charge in [0.05, 0.1) is 11.1 Å². The van der Waals surface area contributed by atoms with E-state index in [2.05, 4.69) is 31.2 Å². The number of pyridine rings is 2. The van der Waals surface area contributed by atoms with Crippen molar-refractivity contribution in [1.82, 2.24) is 31.2 Å². The number of nitrogens with one attached hydrogen (secondary N) is 4. The molecule has 2 aromatic carbocycles. The molecule has 6 heterocycles. The van der Waals surface area contributed by atoms with Gasteiger partial charge in [0.15, 0.2) is 0 Å². The van der Waals surface area contributed by atoms with E-state index >= 15 is 0 Å². The first kappa shape index (κ1) is 26.2. The average molecular weight is 535 g/mol. The van der Waals surface area contributed by atoms with Crippen molar-refractivity contribution >= 4 is 23.6 Å². The smallest absolute Gasteiger partial charge is 0.270 e. The third-order valence-corrected chi connectivity index (χ3v) is 6.34. The molecule has 4 aliphatic rings. The normalized spacial score (nSPS) is 14.6. The molecule has 10 nitrogen and oxygen atoms in total. The van der Waals surface area contributed by atoms with E-state index in [1.54, 1.807) is 18.2 Å². The van der Waals surface area contributed by atoms with Crippen LogP contribution in [0, 0.1) is 0 Å². The second kappa shape index (κ2) is 12.0. The lowest BCUT2D eigenvalue weighted by atomic mass is 10.1. The van der Waals surface area contributed by atoms with E-state index in [0.29, 0.717) is 0 Å². The van der Waals surface area contributed by atoms with E-state index in [-0.39, 0.29) is 60.5 Å². The van der Waals surface area contributed by atoms with Crippen molar-refractivity contribution in [1.29, 1.82) is 0 Å². The maximum absolute atomic E-state index is 12.7. The molecular weight excluding hydrogens is 508 g/mol. The van der Waals surface area contributed by atoms with E-state index in [1.807, 2.05) is 48.5 Å². The third-order valence-electron chi connectivity index (χ3n) is 6.34. The number of benzene rings is 2. The Kier molecular flexibility index (Phi) is 7.87. The van der Waals surface area contributed by atoms with Crippen LogP contribution in [0.25, 0.3) is 0 Å². The van der Waals surface area contributed by atoms with Crippen molar-refractivity contribution in [2.75, 3.05) is 0 Å². The molecule has 0 fully saturated rings. The Balaban J connectivity index is 1.36. The lowest BCUT2D eigenvalue weighted by Gasteiger charge is -2.10. The predicted molar refractivity (Wildman–Crippen MR) is 146 cm³/mol. The van der Waals surface area contributed by atoms with Gasteiger partial charge in [-0.05, 0) is 40.5 Å². The van der Waals surface area contributed by atoms with Gasteiger partial charge in [-0.3, -0.25) is 24.2 Å². The van der Waals surface area contributed by atoms with Crippen LogP contribution in [0.3, 0.4) is 0 Å². The Morgan fingerprint density at radius 1 is 0.475 bits per heavy atom. The van der Waals surface area contributed by atoms with E-state index in [9.17, 15) is 19.2 Å². The molecule has 0 saturated heterocycles. The number of amides is 4. The minimum Gasteiger partial charge on any atom is -0.348 e. The Morgan fingerprint density at radius 3 is 1.20 bits per heavy atom. The fourth-order valence-electron chi connectivity index (χ4n) is 4.04. The summed E-state index contributed by atoms with van der Waals surface area (Å²) in [7, 11) is 0. The highest BCUT2D eigenvalue weighted by molar-refractivity contribution is 5.99. The van der Waals surface area contributed by atoms with Crippen LogP contribution in [-0.2, 0) is 26.2 Å². The Bertz CT molecular complexity index is 1340. The summed E-state index contributed by atoms with van der Waals surface area (Å²) in [5, 5.41) is 11.3. The molecule has 2 aromatic heterocycles. The van der Waals surface area contributed by atoms with Crippen molar-refractivity contribution in [3.8, 4) is 0 Å². The van der Waals surface area contributed by atoms with E-state index in [1.165, 1.54) is 18.5 Å². The maximum atomic E-state index is 12.7. The van der Waals surface area contributed by atoms with Gasteiger partial charge in [-0.15, -0.1) is 0 Å². The average Bonchev–Trinajstić information content (AvgIpc) is 3.00. The molecule has 0 spiro atoms. The van der Waals surface area contributed by atoms with Gasteiger partial charge in [-0.2, -0.15) is 0 Å². The molecule has 10 heteroatoms. The zero-order valence-corrected chi connectivity index (χ0v) is 21.4. The summed E-state index contributed by atoms with van der Waals surface area (Å²) in [5.41, 5.74) is 4.25. The quantitative estimate of drug-likeness (QED) is 0.273. The highest BCUT2D eigenvalue weighted by Crippen LogP contribution is 2.09. The van der Waals surface area contributed by atoms with Crippen LogP contribution in [0.1, 0.15) is 63.9 Å². The third kappa shape index (κ3) is 6.54. The monoisotopic (exact) mass is 534 g/mol. The van der Waals surface area contributed by atoms with E-state index in [4.69, 9.17) is 0 Å². The summed E-state index contributed by atoms with van der Waals surface area (Å²) in [6, 6.07) is 21.0. The number of nitrogens with zero attached hydrogens (tertiary/aromatic N) is 2. The molecule has 8 bridgehead atoms. The molecule has 0 unspecified atom stereocenters. The summed E-state index contributed by atoms with van der Waals surface area (Å²) >= 11 is 0. The largest absolute Gasteiger partial charge is 0.348 e. The van der Waals surface area contributed by atoms with Gasteiger partial charge in [0, 0.05) is 38.6 Å². The molecule has 0 saturated carbocycles. The van der Waals surface area contributed by atoms with Crippen LogP contribution in [-0.4, -0.2) is 33.6 Å². The standard InChI is InChI=1S/C30H26N6O4/c37-27-23-12-24(18-31-17-23)28(38)33-14-20-6-10-22(11-7-20)16-35-30(40)26-3-1-2-25(36-26)29(39)34-15-21-8-4-19(5-9-21)13-32-27/h1-12,17-18H,13-16H2,(H,32,37)(H,33,38)(H,34,39)(H,35,40). The van der Waals surface area contributed by atoms with Gasteiger partial charge in [0.1, 0.15) is 11.4 Å². The van der Waals surface area contributed by atoms with Gasteiger partial charge >= 0.3 is 0 Å². The second-order valence-electron chi connectivity index (χ2n) is 9.23. The second-order valence-corrected chi connectivity index (χ2v) is 9.23. The number of carbonyl (C=O) groups is 4. The van der Waals surface area contributed by atoms with Crippen molar-refractivity contribution in [2.45, 2.75) is 26.2 Å². The van der Waals surface area contributed by atoms with Gasteiger partial charge in [-0.1, -0.05) is 54.6 Å². The number of hydrogen-bond acceptors (Lipinski definition) is 6. The van der Waals surface area contributed by atoms with E-state index < -0.39 is 11.8 Å². The Hall–Kier alpha value is -5.38. The highest BCUT2D eigenvalue weighted by atomic mass is 16.2. The number of carbonyl (C=O) groups excluding carboxylic acids is 4. The van der Waals surface area contributed by atoms with Crippen LogP contribution < -0.4 is 21.3 Å². The molecule has 0 radical (unpaired) electrons. The maximum Gasteiger partial charge on any atom is 0.270 e. The van der Waals surface area contributed by atoms with E-state index in [0.717, 1.165) is 22.3 Å². The Labute approximate surface area is 230 Å². The lowest BCUT2D eigenvalue weighted by Crippen LogP contribution is -2.27. The first-order valence-corrected chi connectivity index (χ1v) is 12.6. The molecule has 4 N–H and O–H groups in total. The number of rotatable bonds is 0. The molecule has 40 heavy (non-hydrogen) atoms. The molecule has 200 valence electrons. The fraction of sp³-hybridized carbons (Fsp3) is 0.133. The molecular formula is C30H26N6O4. The fourth-order valence-corrected chi connectivity index (χ4v) is 4.04. The molecule has 0 atom stereocenters. The molecule has 8 rings (SSSR count). The van der Waals surface area contributed by atoms with Crippen LogP contribution in [0.15, 0.2) is 85.2 Å². The topological polar surface area (TPSA) is 142 Å². The van der Waals surface area contributed by atoms with Gasteiger partial charge < -0.3 is 21.3 Å². The summed E-state index contributed by atoms with van der Waals surface area (Å²) in [4.78, 5) is 59.0. The summed E-state index contributed by atoms with van der Waals surface area (Å²) in [5.74, 6) is -1.49. The molecule has 0 aliphatic carbocycles. The van der Waals surface area contributed by atoms with Crippen LogP contribution in [0.2, 0.25) is 0 Å². The van der Waals surface area contributed by atoms with Crippen LogP contribution >= 0.6 is 0 Å². The van der Waals surface area contributed by atoms with Crippen molar-refractivity contribution in [3.63, 3.8) is 0 Å². The molecule has 4 aliphatic heterocycles. The van der Waals surface area contributed by atoms with Crippen LogP contribution in [0.4, 0.5) is 0 Å². The molecule has 4 aromatic rings.